The number of amides is 2. The molecule has 0 unspecified atom stereocenters. The number of carbonyl (C=O) groups excluding carboxylic acids is 2. The number of piperidine rings is 1. The Morgan fingerprint density at radius 1 is 0.900 bits per heavy atom. The number of likely N-dealkylation sites (tertiary alicyclic amines) is 1. The molecule has 0 aliphatic carbocycles. The fourth-order valence-corrected chi connectivity index (χ4v) is 4.88. The molecule has 154 valence electrons. The smallest absolute Gasteiger partial charge is 0.263 e. The molecule has 0 atom stereocenters. The van der Waals surface area contributed by atoms with Gasteiger partial charge in [0.1, 0.15) is 13.2 Å². The Morgan fingerprint density at radius 3 is 2.53 bits per heavy atom. The first kappa shape index (κ1) is 18.9. The van der Waals surface area contributed by atoms with E-state index in [1.807, 2.05) is 29.2 Å². The molecule has 0 bridgehead atoms. The van der Waals surface area contributed by atoms with Gasteiger partial charge in [0.05, 0.1) is 4.88 Å². The normalized spacial score (nSPS) is 15.8. The van der Waals surface area contributed by atoms with Gasteiger partial charge in [-0.05, 0) is 67.1 Å². The first-order valence-electron chi connectivity index (χ1n) is 10.2. The van der Waals surface area contributed by atoms with Crippen molar-refractivity contribution in [3.05, 3.63) is 52.9 Å². The summed E-state index contributed by atoms with van der Waals surface area (Å²) < 4.78 is 12.1. The quantitative estimate of drug-likeness (QED) is 0.672. The molecule has 1 N–H and O–H groups in total. The zero-order valence-corrected chi connectivity index (χ0v) is 17.3. The number of thiophene rings is 1. The van der Waals surface area contributed by atoms with Crippen LogP contribution in [0.5, 0.6) is 11.5 Å². The molecule has 0 spiro atoms. The number of anilines is 1. The van der Waals surface area contributed by atoms with Gasteiger partial charge in [0, 0.05) is 29.0 Å². The summed E-state index contributed by atoms with van der Waals surface area (Å²) in [5.74, 6) is 1.13. The minimum Gasteiger partial charge on any atom is -0.486 e. The van der Waals surface area contributed by atoms with E-state index in [4.69, 9.17) is 9.47 Å². The van der Waals surface area contributed by atoms with Gasteiger partial charge in [0.25, 0.3) is 11.8 Å². The van der Waals surface area contributed by atoms with Crippen LogP contribution in [0.3, 0.4) is 0 Å². The monoisotopic (exact) mass is 422 g/mol. The fraction of sp³-hybridized carbons (Fsp3) is 0.304. The highest BCUT2D eigenvalue weighted by molar-refractivity contribution is 7.20. The molecule has 7 heteroatoms. The second-order valence-corrected chi connectivity index (χ2v) is 8.61. The molecule has 30 heavy (non-hydrogen) atoms. The average molecular weight is 423 g/mol. The highest BCUT2D eigenvalue weighted by atomic mass is 32.1. The number of hydrogen-bond donors (Lipinski definition) is 1. The zero-order chi connectivity index (χ0) is 20.5. The number of rotatable bonds is 3. The van der Waals surface area contributed by atoms with E-state index in [2.05, 4.69) is 5.32 Å². The number of benzene rings is 2. The van der Waals surface area contributed by atoms with Gasteiger partial charge < -0.3 is 19.7 Å². The SMILES string of the molecule is O=C(Nc1ccc2sc(C(=O)N3CCCCC3)cc2c1)c1ccc2c(c1)OCCO2. The van der Waals surface area contributed by atoms with E-state index < -0.39 is 0 Å². The summed E-state index contributed by atoms with van der Waals surface area (Å²) in [7, 11) is 0. The van der Waals surface area contributed by atoms with Gasteiger partial charge in [-0.25, -0.2) is 0 Å². The molecule has 2 aromatic carbocycles. The van der Waals surface area contributed by atoms with Gasteiger partial charge in [-0.15, -0.1) is 11.3 Å². The van der Waals surface area contributed by atoms with Crippen LogP contribution in [0.4, 0.5) is 5.69 Å². The van der Waals surface area contributed by atoms with Crippen molar-refractivity contribution in [3.8, 4) is 11.5 Å². The first-order chi connectivity index (χ1) is 14.7. The van der Waals surface area contributed by atoms with Gasteiger partial charge in [-0.2, -0.15) is 0 Å². The van der Waals surface area contributed by atoms with Crippen molar-refractivity contribution >= 4 is 38.9 Å². The standard InChI is InChI=1S/C23H22N2O4S/c26-22(15-4-6-18-19(13-15)29-11-10-28-18)24-17-5-7-20-16(12-17)14-21(30-20)23(27)25-8-2-1-3-9-25/h4-7,12-14H,1-3,8-11H2,(H,24,26). The molecule has 6 nitrogen and oxygen atoms in total. The van der Waals surface area contributed by atoms with Crippen molar-refractivity contribution in [1.29, 1.82) is 0 Å². The largest absolute Gasteiger partial charge is 0.486 e. The van der Waals surface area contributed by atoms with Crippen molar-refractivity contribution in [2.45, 2.75) is 19.3 Å². The number of ether oxygens (including phenoxy) is 2. The van der Waals surface area contributed by atoms with Crippen LogP contribution < -0.4 is 14.8 Å². The topological polar surface area (TPSA) is 67.9 Å². The van der Waals surface area contributed by atoms with Gasteiger partial charge in [0.15, 0.2) is 11.5 Å². The fourth-order valence-electron chi connectivity index (χ4n) is 3.87. The van der Waals surface area contributed by atoms with Crippen LogP contribution in [0.2, 0.25) is 0 Å². The molecular formula is C23H22N2O4S. The summed E-state index contributed by atoms with van der Waals surface area (Å²) in [5, 5.41) is 3.89. The van der Waals surface area contributed by atoms with Crippen molar-refractivity contribution in [1.82, 2.24) is 4.90 Å². The van der Waals surface area contributed by atoms with Crippen LogP contribution >= 0.6 is 11.3 Å². The van der Waals surface area contributed by atoms with Crippen LogP contribution in [-0.4, -0.2) is 43.0 Å². The molecule has 1 aromatic heterocycles. The highest BCUT2D eigenvalue weighted by Gasteiger charge is 2.20. The Kier molecular flexibility index (Phi) is 5.04. The molecule has 3 aromatic rings. The average Bonchev–Trinajstić information content (AvgIpc) is 3.22. The van der Waals surface area contributed by atoms with Crippen LogP contribution in [0.1, 0.15) is 39.3 Å². The van der Waals surface area contributed by atoms with Gasteiger partial charge >= 0.3 is 0 Å². The summed E-state index contributed by atoms with van der Waals surface area (Å²) in [6.45, 7) is 2.67. The Balaban J connectivity index is 1.33. The van der Waals surface area contributed by atoms with E-state index in [1.165, 1.54) is 17.8 Å². The predicted molar refractivity (Wildman–Crippen MR) is 117 cm³/mol. The maximum atomic E-state index is 12.8. The molecule has 0 saturated carbocycles. The van der Waals surface area contributed by atoms with Crippen LogP contribution in [-0.2, 0) is 0 Å². The van der Waals surface area contributed by atoms with E-state index in [9.17, 15) is 9.59 Å². The number of hydrogen-bond acceptors (Lipinski definition) is 5. The van der Waals surface area contributed by atoms with E-state index >= 15 is 0 Å². The molecule has 2 aliphatic rings. The van der Waals surface area contributed by atoms with Crippen molar-refractivity contribution in [2.75, 3.05) is 31.6 Å². The molecule has 2 amide bonds. The van der Waals surface area contributed by atoms with Crippen LogP contribution in [0, 0.1) is 0 Å². The van der Waals surface area contributed by atoms with E-state index in [1.54, 1.807) is 18.2 Å². The van der Waals surface area contributed by atoms with Crippen molar-refractivity contribution in [3.63, 3.8) is 0 Å². The van der Waals surface area contributed by atoms with Gasteiger partial charge in [0.2, 0.25) is 0 Å². The number of fused-ring (bicyclic) bond motifs is 2. The summed E-state index contributed by atoms with van der Waals surface area (Å²) in [5.41, 5.74) is 1.20. The lowest BCUT2D eigenvalue weighted by atomic mass is 10.1. The van der Waals surface area contributed by atoms with E-state index in [-0.39, 0.29) is 11.8 Å². The third kappa shape index (κ3) is 3.73. The number of nitrogens with one attached hydrogen (secondary N) is 1. The van der Waals surface area contributed by atoms with Crippen LogP contribution in [0.25, 0.3) is 10.1 Å². The maximum Gasteiger partial charge on any atom is 0.263 e. The third-order valence-corrected chi connectivity index (χ3v) is 6.54. The lowest BCUT2D eigenvalue weighted by molar-refractivity contribution is 0.0729. The second kappa shape index (κ2) is 7.99. The zero-order valence-electron chi connectivity index (χ0n) is 16.5. The van der Waals surface area contributed by atoms with Crippen LogP contribution in [0.15, 0.2) is 42.5 Å². The minimum atomic E-state index is -0.217. The second-order valence-electron chi connectivity index (χ2n) is 7.53. The van der Waals surface area contributed by atoms with Crippen molar-refractivity contribution < 1.29 is 19.1 Å². The third-order valence-electron chi connectivity index (χ3n) is 5.43. The lowest BCUT2D eigenvalue weighted by Gasteiger charge is -2.26. The molecule has 2 aliphatic heterocycles. The first-order valence-corrected chi connectivity index (χ1v) is 11.0. The molecule has 1 fully saturated rings. The Bertz CT molecular complexity index is 1120. The summed E-state index contributed by atoms with van der Waals surface area (Å²) in [6.07, 6.45) is 3.35. The van der Waals surface area contributed by atoms with Crippen molar-refractivity contribution in [2.24, 2.45) is 0 Å². The predicted octanol–water partition coefficient (Wildman–Crippen LogP) is 4.55. The Labute approximate surface area is 178 Å². The Hall–Kier alpha value is -3.06. The molecule has 1 saturated heterocycles. The summed E-state index contributed by atoms with van der Waals surface area (Å²) in [4.78, 5) is 28.2. The van der Waals surface area contributed by atoms with E-state index in [0.29, 0.717) is 36.0 Å². The molecule has 5 rings (SSSR count). The number of nitrogens with zero attached hydrogens (tertiary/aromatic N) is 1. The maximum absolute atomic E-state index is 12.8. The van der Waals surface area contributed by atoms with Gasteiger partial charge in [-0.3, -0.25) is 9.59 Å². The summed E-state index contributed by atoms with van der Waals surface area (Å²) >= 11 is 1.50. The molecule has 3 heterocycles. The highest BCUT2D eigenvalue weighted by Crippen LogP contribution is 2.32. The summed E-state index contributed by atoms with van der Waals surface area (Å²) in [6, 6.07) is 12.8. The Morgan fingerprint density at radius 2 is 1.70 bits per heavy atom. The number of carbonyl (C=O) groups is 2. The minimum absolute atomic E-state index is 0.109. The lowest BCUT2D eigenvalue weighted by Crippen LogP contribution is -2.35. The molecule has 0 radical (unpaired) electrons. The molecular weight excluding hydrogens is 400 g/mol. The van der Waals surface area contributed by atoms with Gasteiger partial charge in [-0.1, -0.05) is 0 Å². The van der Waals surface area contributed by atoms with E-state index in [0.717, 1.165) is 40.9 Å².